The fourth-order valence-electron chi connectivity index (χ4n) is 7.42. The van der Waals surface area contributed by atoms with Crippen LogP contribution in [0.1, 0.15) is 132 Å². The van der Waals surface area contributed by atoms with Crippen molar-refractivity contribution in [2.24, 2.45) is 0 Å². The average Bonchev–Trinajstić information content (AvgIpc) is 3.72. The van der Waals surface area contributed by atoms with Crippen molar-refractivity contribution in [1.29, 1.82) is 0 Å². The summed E-state index contributed by atoms with van der Waals surface area (Å²) in [4.78, 5) is 18.2. The maximum absolute atomic E-state index is 10.9. The fourth-order valence-corrected chi connectivity index (χ4v) is 7.42. The van der Waals surface area contributed by atoms with Crippen LogP contribution >= 0.6 is 0 Å². The summed E-state index contributed by atoms with van der Waals surface area (Å²) in [5, 5.41) is 10.9. The van der Waals surface area contributed by atoms with E-state index in [1.165, 1.54) is 55.6 Å². The molecule has 0 spiro atoms. The van der Waals surface area contributed by atoms with Crippen molar-refractivity contribution in [3.05, 3.63) is 68.8 Å². The van der Waals surface area contributed by atoms with Gasteiger partial charge in [0.15, 0.2) is 0 Å². The molecular weight excluding hydrogens is 516 g/mol. The van der Waals surface area contributed by atoms with Crippen molar-refractivity contribution in [1.82, 2.24) is 19.9 Å². The summed E-state index contributed by atoms with van der Waals surface area (Å²) < 4.78 is 0. The minimum atomic E-state index is -0.0894. The van der Waals surface area contributed by atoms with Crippen LogP contribution in [0, 0.1) is 0 Å². The van der Waals surface area contributed by atoms with Crippen molar-refractivity contribution in [3.8, 4) is 0 Å². The molecule has 5 rings (SSSR count). The molecule has 2 aliphatic heterocycles. The normalized spacial score (nSPS) is 13.5. The second-order valence-electron chi connectivity index (χ2n) is 11.3. The summed E-state index contributed by atoms with van der Waals surface area (Å²) >= 11 is 0. The first-order chi connectivity index (χ1) is 20.4. The zero-order valence-electron chi connectivity index (χ0n) is 26.9. The quantitative estimate of drug-likeness (QED) is 0.242. The van der Waals surface area contributed by atoms with E-state index >= 15 is 0 Å². The van der Waals surface area contributed by atoms with E-state index in [9.17, 15) is 5.11 Å². The molecule has 42 heavy (non-hydrogen) atoms. The number of aryl methyl sites for hydroxylation is 4. The molecule has 3 aromatic heterocycles. The first kappa shape index (κ1) is 30.0. The van der Waals surface area contributed by atoms with E-state index in [0.29, 0.717) is 0 Å². The van der Waals surface area contributed by atoms with Gasteiger partial charge in [0.1, 0.15) is 0 Å². The predicted octanol–water partition coefficient (Wildman–Crippen LogP) is 9.52. The van der Waals surface area contributed by atoms with Crippen LogP contribution < -0.4 is 0 Å². The molecule has 3 N–H and O–H groups in total. The van der Waals surface area contributed by atoms with Crippen LogP contribution in [0.2, 0.25) is 0 Å². The van der Waals surface area contributed by atoms with Crippen LogP contribution in [0.3, 0.4) is 0 Å². The Kier molecular flexibility index (Phi) is 8.89. The SMILES string of the molecule is CCC1=C(CC)c2nc1cc1[nH]c(cc3[nH]c(cc4nc(c2CO)C(CC)=C4CC)c(CC)c3CC)c(CC)c1CC. The molecule has 0 atom stereocenters. The lowest BCUT2D eigenvalue weighted by Gasteiger charge is -2.10. The largest absolute Gasteiger partial charge is 0.392 e. The number of nitrogens with zero attached hydrogens (tertiary/aromatic N) is 2. The van der Waals surface area contributed by atoms with Crippen LogP contribution in [0.15, 0.2) is 18.2 Å². The first-order valence-corrected chi connectivity index (χ1v) is 16.3. The lowest BCUT2D eigenvalue weighted by Crippen LogP contribution is -1.99. The lowest BCUT2D eigenvalue weighted by atomic mass is 9.94. The van der Waals surface area contributed by atoms with Crippen molar-refractivity contribution >= 4 is 44.4 Å². The third-order valence-corrected chi connectivity index (χ3v) is 9.36. The van der Waals surface area contributed by atoms with Crippen LogP contribution in [-0.2, 0) is 32.3 Å². The smallest absolute Gasteiger partial charge is 0.0749 e. The monoisotopic (exact) mass is 564 g/mol. The molecule has 3 aromatic rings. The molecule has 0 unspecified atom stereocenters. The molecule has 0 fully saturated rings. The number of allylic oxidation sites excluding steroid dienone is 4. The summed E-state index contributed by atoms with van der Waals surface area (Å²) in [5.74, 6) is 0. The van der Waals surface area contributed by atoms with Crippen LogP contribution in [-0.4, -0.2) is 25.0 Å². The summed E-state index contributed by atoms with van der Waals surface area (Å²) in [6, 6.07) is 6.84. The summed E-state index contributed by atoms with van der Waals surface area (Å²) in [7, 11) is 0. The molecule has 5 heterocycles. The van der Waals surface area contributed by atoms with Gasteiger partial charge in [-0.05, 0) is 114 Å². The van der Waals surface area contributed by atoms with Gasteiger partial charge in [-0.3, -0.25) is 0 Å². The molecule has 0 aromatic carbocycles. The van der Waals surface area contributed by atoms with Gasteiger partial charge in [0, 0.05) is 27.6 Å². The van der Waals surface area contributed by atoms with Crippen molar-refractivity contribution in [2.75, 3.05) is 0 Å². The highest BCUT2D eigenvalue weighted by Gasteiger charge is 2.26. The minimum Gasteiger partial charge on any atom is -0.392 e. The number of rotatable bonds is 9. The van der Waals surface area contributed by atoms with E-state index in [4.69, 9.17) is 9.97 Å². The first-order valence-electron chi connectivity index (χ1n) is 16.3. The van der Waals surface area contributed by atoms with Gasteiger partial charge in [0.2, 0.25) is 0 Å². The molecule has 0 saturated carbocycles. The summed E-state index contributed by atoms with van der Waals surface area (Å²) in [5.41, 5.74) is 19.8. The predicted molar refractivity (Wildman–Crippen MR) is 179 cm³/mol. The number of nitrogens with one attached hydrogen (secondary N) is 2. The maximum atomic E-state index is 10.9. The molecule has 5 heteroatoms. The Morgan fingerprint density at radius 3 is 1.07 bits per heavy atom. The molecular formula is C37H48N4O. The van der Waals surface area contributed by atoms with Crippen molar-refractivity contribution < 1.29 is 5.11 Å². The number of hydrogen-bond donors (Lipinski definition) is 3. The molecule has 5 nitrogen and oxygen atoms in total. The number of hydrogen-bond acceptors (Lipinski definition) is 3. The van der Waals surface area contributed by atoms with Gasteiger partial charge in [-0.2, -0.15) is 0 Å². The van der Waals surface area contributed by atoms with E-state index in [1.54, 1.807) is 0 Å². The van der Waals surface area contributed by atoms with Crippen LogP contribution in [0.5, 0.6) is 0 Å². The molecule has 0 aliphatic carbocycles. The molecule has 0 amide bonds. The van der Waals surface area contributed by atoms with Crippen LogP contribution in [0.25, 0.3) is 44.4 Å². The Labute approximate surface area is 251 Å². The molecule has 0 saturated heterocycles. The van der Waals surface area contributed by atoms with Gasteiger partial charge in [-0.25, -0.2) is 9.97 Å². The molecule has 0 radical (unpaired) electrons. The van der Waals surface area contributed by atoms with Crippen molar-refractivity contribution in [3.63, 3.8) is 0 Å². The van der Waals surface area contributed by atoms with Gasteiger partial charge in [0.25, 0.3) is 0 Å². The van der Waals surface area contributed by atoms with Gasteiger partial charge in [-0.15, -0.1) is 0 Å². The fraction of sp³-hybridized carbons (Fsp3) is 0.459. The second-order valence-corrected chi connectivity index (χ2v) is 11.3. The van der Waals surface area contributed by atoms with E-state index in [2.05, 4.69) is 83.6 Å². The highest BCUT2D eigenvalue weighted by Crippen LogP contribution is 2.41. The highest BCUT2D eigenvalue weighted by molar-refractivity contribution is 5.97. The second kappa shape index (κ2) is 12.4. The third kappa shape index (κ3) is 4.76. The summed E-state index contributed by atoms with van der Waals surface area (Å²) in [6.07, 6.45) is 7.33. The average molecular weight is 565 g/mol. The van der Waals surface area contributed by atoms with Crippen molar-refractivity contribution in [2.45, 2.75) is 113 Å². The van der Waals surface area contributed by atoms with Gasteiger partial charge < -0.3 is 15.1 Å². The van der Waals surface area contributed by atoms with Gasteiger partial charge in [0.05, 0.1) is 29.4 Å². The molecule has 222 valence electrons. The summed E-state index contributed by atoms with van der Waals surface area (Å²) in [6.45, 7) is 17.7. The standard InChI is InChI=1S/C37H48N4O/c1-9-21-23(11-3)32-18-34-25(13-5)27(15-7)36(40-34)29(20-42)37-28(16-8)26(14-6)35(41-37)19-33-24(12-4)22(10-2)31(39-33)17-30(21)38-32/h17-19,38-39,42H,9-16,20H2,1-8H3. The number of aromatic nitrogens is 4. The zero-order chi connectivity index (χ0) is 30.1. The Bertz CT molecular complexity index is 1620. The number of aliphatic hydroxyl groups is 1. The Balaban J connectivity index is 2.09. The molecule has 2 aliphatic rings. The van der Waals surface area contributed by atoms with E-state index < -0.39 is 0 Å². The minimum absolute atomic E-state index is 0.0894. The number of H-pyrrole nitrogens is 2. The lowest BCUT2D eigenvalue weighted by molar-refractivity contribution is 0.280. The van der Waals surface area contributed by atoms with Gasteiger partial charge in [-0.1, -0.05) is 55.4 Å². The van der Waals surface area contributed by atoms with E-state index in [1.807, 2.05) is 0 Å². The highest BCUT2D eigenvalue weighted by atomic mass is 16.3. The Morgan fingerprint density at radius 1 is 0.452 bits per heavy atom. The maximum Gasteiger partial charge on any atom is 0.0749 e. The Hall–Kier alpha value is -3.44. The molecule has 8 bridgehead atoms. The van der Waals surface area contributed by atoms with E-state index in [0.717, 1.165) is 90.7 Å². The van der Waals surface area contributed by atoms with Crippen LogP contribution in [0.4, 0.5) is 0 Å². The van der Waals surface area contributed by atoms with Gasteiger partial charge >= 0.3 is 0 Å². The zero-order valence-corrected chi connectivity index (χ0v) is 26.9. The third-order valence-electron chi connectivity index (χ3n) is 9.36. The van der Waals surface area contributed by atoms with E-state index in [-0.39, 0.29) is 6.61 Å². The number of aromatic amines is 2. The Morgan fingerprint density at radius 2 is 0.786 bits per heavy atom. The topological polar surface area (TPSA) is 77.6 Å². The number of fused-ring (bicyclic) bond motifs is 8. The number of aliphatic hydroxyl groups excluding tert-OH is 1.